The Balaban J connectivity index is 0.000000980. The van der Waals surface area contributed by atoms with Crippen molar-refractivity contribution < 1.29 is 37.5 Å². The normalized spacial score (nSPS) is 13.2. The molecule has 2 rings (SSSR count). The van der Waals surface area contributed by atoms with Crippen molar-refractivity contribution in [2.24, 2.45) is 0 Å². The van der Waals surface area contributed by atoms with E-state index in [9.17, 15) is 4.79 Å². The molecule has 0 amide bonds. The van der Waals surface area contributed by atoms with Crippen LogP contribution in [0.3, 0.4) is 0 Å². The third kappa shape index (κ3) is 2.32. The average Bonchev–Trinajstić information content (AvgIpc) is 2.63. The van der Waals surface area contributed by atoms with Crippen molar-refractivity contribution in [3.63, 3.8) is 0 Å². The summed E-state index contributed by atoms with van der Waals surface area (Å²) >= 11 is 0. The Hall–Kier alpha value is -0.00610. The van der Waals surface area contributed by atoms with E-state index in [2.05, 4.69) is 13.0 Å². The quantitative estimate of drug-likeness (QED) is 0.591. The van der Waals surface area contributed by atoms with Crippen molar-refractivity contribution in [2.45, 2.75) is 25.7 Å². The smallest absolute Gasteiger partial charge is 0.133 e. The SMILES string of the molecule is [CH2-]CC(=O)c1ccc2c(c1)CCC2.[Y]. The molecule has 14 heavy (non-hydrogen) atoms. The predicted octanol–water partition coefficient (Wildman–Crippen LogP) is 2.58. The number of aryl methyl sites for hydroxylation is 2. The second-order valence-electron chi connectivity index (χ2n) is 3.51. The molecule has 0 aliphatic heterocycles. The monoisotopic (exact) mass is 262 g/mol. The van der Waals surface area contributed by atoms with Crippen LogP contribution in [0.2, 0.25) is 0 Å². The summed E-state index contributed by atoms with van der Waals surface area (Å²) in [7, 11) is 0. The Morgan fingerprint density at radius 2 is 2.00 bits per heavy atom. The zero-order valence-corrected chi connectivity index (χ0v) is 11.1. The molecule has 0 saturated carbocycles. The Bertz CT molecular complexity index is 344. The van der Waals surface area contributed by atoms with E-state index in [-0.39, 0.29) is 38.5 Å². The van der Waals surface area contributed by atoms with Gasteiger partial charge in [0.15, 0.2) is 0 Å². The van der Waals surface area contributed by atoms with Crippen molar-refractivity contribution in [1.29, 1.82) is 0 Å². The third-order valence-electron chi connectivity index (χ3n) is 2.65. The van der Waals surface area contributed by atoms with Crippen LogP contribution in [0.25, 0.3) is 0 Å². The van der Waals surface area contributed by atoms with E-state index in [1.807, 2.05) is 12.1 Å². The van der Waals surface area contributed by atoms with E-state index in [1.165, 1.54) is 24.0 Å². The van der Waals surface area contributed by atoms with Gasteiger partial charge in [-0.2, -0.15) is 0 Å². The number of hydrogen-bond donors (Lipinski definition) is 0. The Morgan fingerprint density at radius 3 is 2.71 bits per heavy atom. The molecule has 1 aliphatic rings. The van der Waals surface area contributed by atoms with Gasteiger partial charge in [-0.1, -0.05) is 12.1 Å². The molecule has 0 fully saturated rings. The summed E-state index contributed by atoms with van der Waals surface area (Å²) in [6.45, 7) is 3.61. The van der Waals surface area contributed by atoms with E-state index in [4.69, 9.17) is 0 Å². The topological polar surface area (TPSA) is 17.1 Å². The number of Topliss-reactive ketones (excluding diaryl/α,β-unsaturated/α-hetero) is 1. The summed E-state index contributed by atoms with van der Waals surface area (Å²) in [6.07, 6.45) is 3.90. The Labute approximate surface area is 110 Å². The van der Waals surface area contributed by atoms with Gasteiger partial charge in [-0.05, 0) is 36.5 Å². The maximum absolute atomic E-state index is 11.4. The number of benzene rings is 1. The van der Waals surface area contributed by atoms with Crippen molar-refractivity contribution >= 4 is 5.78 Å². The molecule has 0 bridgehead atoms. The molecule has 0 spiro atoms. The number of carbonyl (C=O) groups is 1. The van der Waals surface area contributed by atoms with Gasteiger partial charge in [-0.15, -0.1) is 6.42 Å². The molecule has 1 aromatic rings. The first kappa shape index (κ1) is 12.1. The molecule has 71 valence electrons. The summed E-state index contributed by atoms with van der Waals surface area (Å²) in [5.74, 6) is 0.148. The maximum atomic E-state index is 11.4. The molecule has 0 unspecified atom stereocenters. The van der Waals surface area contributed by atoms with Crippen LogP contribution < -0.4 is 0 Å². The Kier molecular flexibility index (Phi) is 4.47. The molecular weight excluding hydrogens is 249 g/mol. The van der Waals surface area contributed by atoms with E-state index >= 15 is 0 Å². The van der Waals surface area contributed by atoms with Crippen molar-refractivity contribution in [3.05, 3.63) is 41.8 Å². The van der Waals surface area contributed by atoms with E-state index in [0.717, 1.165) is 12.0 Å². The van der Waals surface area contributed by atoms with E-state index in [0.29, 0.717) is 6.42 Å². The molecule has 1 radical (unpaired) electrons. The maximum Gasteiger partial charge on any atom is 0.133 e. The largest absolute Gasteiger partial charge is 0.336 e. The number of hydrogen-bond acceptors (Lipinski definition) is 1. The number of rotatable bonds is 2. The minimum Gasteiger partial charge on any atom is -0.336 e. The molecule has 1 aromatic carbocycles. The number of fused-ring (bicyclic) bond motifs is 1. The summed E-state index contributed by atoms with van der Waals surface area (Å²) < 4.78 is 0. The van der Waals surface area contributed by atoms with Gasteiger partial charge in [0.05, 0.1) is 0 Å². The zero-order chi connectivity index (χ0) is 9.26. The van der Waals surface area contributed by atoms with Gasteiger partial charge < -0.3 is 6.92 Å². The fourth-order valence-corrected chi connectivity index (χ4v) is 1.89. The van der Waals surface area contributed by atoms with Crippen LogP contribution in [0.15, 0.2) is 18.2 Å². The van der Waals surface area contributed by atoms with Crippen LogP contribution in [0.4, 0.5) is 0 Å². The summed E-state index contributed by atoms with van der Waals surface area (Å²) in [5, 5.41) is 0. The first-order chi connectivity index (χ1) is 6.31. The average molecular weight is 262 g/mol. The van der Waals surface area contributed by atoms with Crippen molar-refractivity contribution in [3.8, 4) is 0 Å². The van der Waals surface area contributed by atoms with Gasteiger partial charge in [-0.3, -0.25) is 4.79 Å². The third-order valence-corrected chi connectivity index (χ3v) is 2.65. The first-order valence-electron chi connectivity index (χ1n) is 4.75. The molecule has 2 heteroatoms. The van der Waals surface area contributed by atoms with Crippen LogP contribution >= 0.6 is 0 Å². The Morgan fingerprint density at radius 1 is 1.29 bits per heavy atom. The number of ketones is 1. The van der Waals surface area contributed by atoms with Gasteiger partial charge in [-0.25, -0.2) is 0 Å². The standard InChI is InChI=1S/C12H13O.Y/c1-2-12(13)11-7-6-9-4-3-5-10(9)8-11;/h6-8H,1-5H2;/q-1;. The van der Waals surface area contributed by atoms with E-state index < -0.39 is 0 Å². The molecule has 1 aliphatic carbocycles. The van der Waals surface area contributed by atoms with Crippen molar-refractivity contribution in [1.82, 2.24) is 0 Å². The van der Waals surface area contributed by atoms with Crippen LogP contribution in [0, 0.1) is 6.92 Å². The van der Waals surface area contributed by atoms with Gasteiger partial charge in [0.25, 0.3) is 0 Å². The zero-order valence-electron chi connectivity index (χ0n) is 8.25. The molecule has 0 atom stereocenters. The predicted molar refractivity (Wildman–Crippen MR) is 52.8 cm³/mol. The van der Waals surface area contributed by atoms with Gasteiger partial charge in [0, 0.05) is 38.3 Å². The fraction of sp³-hybridized carbons (Fsp3) is 0.333. The van der Waals surface area contributed by atoms with Gasteiger partial charge in [0.1, 0.15) is 5.78 Å². The van der Waals surface area contributed by atoms with Gasteiger partial charge >= 0.3 is 0 Å². The van der Waals surface area contributed by atoms with Crippen LogP contribution in [0.1, 0.15) is 34.3 Å². The molecule has 1 nitrogen and oxygen atoms in total. The first-order valence-corrected chi connectivity index (χ1v) is 4.75. The fourth-order valence-electron chi connectivity index (χ4n) is 1.89. The minimum absolute atomic E-state index is 0. The molecule has 0 heterocycles. The van der Waals surface area contributed by atoms with Gasteiger partial charge in [0.2, 0.25) is 0 Å². The van der Waals surface area contributed by atoms with Crippen LogP contribution in [-0.2, 0) is 45.6 Å². The minimum atomic E-state index is 0. The van der Waals surface area contributed by atoms with Crippen molar-refractivity contribution in [2.75, 3.05) is 0 Å². The molecule has 0 N–H and O–H groups in total. The second-order valence-corrected chi connectivity index (χ2v) is 3.51. The molecule has 0 aromatic heterocycles. The van der Waals surface area contributed by atoms with Crippen LogP contribution in [-0.4, -0.2) is 5.78 Å². The second kappa shape index (κ2) is 5.18. The summed E-state index contributed by atoms with van der Waals surface area (Å²) in [5.41, 5.74) is 3.61. The van der Waals surface area contributed by atoms with E-state index in [1.54, 1.807) is 0 Å². The summed E-state index contributed by atoms with van der Waals surface area (Å²) in [4.78, 5) is 11.4. The summed E-state index contributed by atoms with van der Waals surface area (Å²) in [6, 6.07) is 6.05. The molecule has 0 saturated heterocycles. The van der Waals surface area contributed by atoms with Crippen LogP contribution in [0.5, 0.6) is 0 Å². The number of carbonyl (C=O) groups excluding carboxylic acids is 1. The molecular formula is C12H13OY-.